The lowest BCUT2D eigenvalue weighted by Crippen LogP contribution is -2.32. The predicted octanol–water partition coefficient (Wildman–Crippen LogP) is 3.13. The second kappa shape index (κ2) is 9.83. The van der Waals surface area contributed by atoms with Gasteiger partial charge in [-0.3, -0.25) is 4.90 Å². The van der Waals surface area contributed by atoms with Crippen molar-refractivity contribution in [3.05, 3.63) is 35.1 Å². The first-order chi connectivity index (χ1) is 10.1. The van der Waals surface area contributed by atoms with E-state index in [1.54, 1.807) is 0 Å². The molecule has 0 bridgehead atoms. The van der Waals surface area contributed by atoms with Gasteiger partial charge in [0.25, 0.3) is 0 Å². The molecule has 2 nitrogen and oxygen atoms in total. The third-order valence-electron chi connectivity index (χ3n) is 3.38. The summed E-state index contributed by atoms with van der Waals surface area (Å²) in [4.78, 5) is 2.30. The van der Waals surface area contributed by atoms with Crippen LogP contribution in [0.2, 0.25) is 0 Å². The second-order valence-electron chi connectivity index (χ2n) is 5.02. The lowest BCUT2D eigenvalue weighted by molar-refractivity contribution is 0.248. The fourth-order valence-electron chi connectivity index (χ4n) is 2.15. The number of rotatable bonds is 7. The van der Waals surface area contributed by atoms with Crippen LogP contribution in [0.1, 0.15) is 30.9 Å². The van der Waals surface area contributed by atoms with E-state index in [1.807, 2.05) is 23.9 Å². The topological polar surface area (TPSA) is 23.5 Å². The smallest absolute Gasteiger partial charge is 0.138 e. The molecule has 1 aromatic rings. The molecule has 4 heteroatoms. The van der Waals surface area contributed by atoms with Crippen LogP contribution < -0.4 is 0 Å². The van der Waals surface area contributed by atoms with Crippen molar-refractivity contribution in [1.29, 1.82) is 0 Å². The van der Waals surface area contributed by atoms with E-state index in [2.05, 4.69) is 37.0 Å². The van der Waals surface area contributed by atoms with Gasteiger partial charge in [-0.05, 0) is 37.4 Å². The Bertz CT molecular complexity index is 495. The standard InChI is InChI=1S/C17H24FNOS/c1-4-16(13-21-3)19(2)12-14-8-9-17(18)15(11-14)7-5-6-10-20/h8-9,11,16,20H,4,6,10,12-13H2,1-3H3. The maximum absolute atomic E-state index is 13.7. The molecule has 1 aromatic carbocycles. The Morgan fingerprint density at radius 3 is 2.81 bits per heavy atom. The van der Waals surface area contributed by atoms with Crippen LogP contribution in [0.15, 0.2) is 18.2 Å². The molecule has 0 radical (unpaired) electrons. The van der Waals surface area contributed by atoms with Gasteiger partial charge in [0.2, 0.25) is 0 Å². The number of benzene rings is 1. The van der Waals surface area contributed by atoms with Gasteiger partial charge in [0, 0.05) is 24.8 Å². The molecule has 0 aliphatic heterocycles. The molecule has 0 aromatic heterocycles. The molecule has 1 atom stereocenters. The Morgan fingerprint density at radius 2 is 2.19 bits per heavy atom. The lowest BCUT2D eigenvalue weighted by atomic mass is 10.1. The molecule has 0 fully saturated rings. The van der Waals surface area contributed by atoms with Gasteiger partial charge in [0.15, 0.2) is 0 Å². The van der Waals surface area contributed by atoms with Crippen molar-refractivity contribution in [2.24, 2.45) is 0 Å². The van der Waals surface area contributed by atoms with Crippen molar-refractivity contribution in [3.8, 4) is 11.8 Å². The van der Waals surface area contributed by atoms with Gasteiger partial charge < -0.3 is 5.11 Å². The summed E-state index contributed by atoms with van der Waals surface area (Å²) in [5.74, 6) is 6.35. The minimum Gasteiger partial charge on any atom is -0.395 e. The molecule has 0 amide bonds. The van der Waals surface area contributed by atoms with Gasteiger partial charge in [0.05, 0.1) is 12.2 Å². The van der Waals surface area contributed by atoms with Crippen LogP contribution in [-0.4, -0.2) is 41.7 Å². The van der Waals surface area contributed by atoms with Crippen LogP contribution >= 0.6 is 11.8 Å². The van der Waals surface area contributed by atoms with E-state index in [0.29, 0.717) is 18.0 Å². The summed E-state index contributed by atoms with van der Waals surface area (Å²) in [6.07, 6.45) is 3.58. The Hall–Kier alpha value is -1.02. The molecule has 21 heavy (non-hydrogen) atoms. The minimum absolute atomic E-state index is 0.00388. The van der Waals surface area contributed by atoms with Crippen LogP contribution in [0, 0.1) is 17.7 Å². The maximum atomic E-state index is 13.7. The summed E-state index contributed by atoms with van der Waals surface area (Å²) in [6.45, 7) is 2.98. The SMILES string of the molecule is CCC(CSC)N(C)Cc1ccc(F)c(C#CCCO)c1. The van der Waals surface area contributed by atoms with Gasteiger partial charge >= 0.3 is 0 Å². The van der Waals surface area contributed by atoms with E-state index in [1.165, 1.54) is 6.07 Å². The number of hydrogen-bond donors (Lipinski definition) is 1. The molecule has 0 aliphatic carbocycles. The molecular formula is C17H24FNOS. The van der Waals surface area contributed by atoms with E-state index in [-0.39, 0.29) is 12.4 Å². The predicted molar refractivity (Wildman–Crippen MR) is 88.9 cm³/mol. The molecule has 0 spiro atoms. The zero-order valence-corrected chi connectivity index (χ0v) is 13.8. The van der Waals surface area contributed by atoms with E-state index in [4.69, 9.17) is 5.11 Å². The highest BCUT2D eigenvalue weighted by molar-refractivity contribution is 7.98. The molecule has 1 rings (SSSR count). The Kier molecular flexibility index (Phi) is 8.44. The average Bonchev–Trinajstić information content (AvgIpc) is 2.48. The Balaban J connectivity index is 2.80. The molecular weight excluding hydrogens is 285 g/mol. The Labute approximate surface area is 131 Å². The molecule has 116 valence electrons. The van der Waals surface area contributed by atoms with Crippen molar-refractivity contribution < 1.29 is 9.50 Å². The maximum Gasteiger partial charge on any atom is 0.138 e. The minimum atomic E-state index is -0.303. The van der Waals surface area contributed by atoms with E-state index in [0.717, 1.165) is 24.3 Å². The zero-order chi connectivity index (χ0) is 15.7. The monoisotopic (exact) mass is 309 g/mol. The van der Waals surface area contributed by atoms with Crippen molar-refractivity contribution in [3.63, 3.8) is 0 Å². The van der Waals surface area contributed by atoms with Gasteiger partial charge in [-0.15, -0.1) is 0 Å². The number of thioether (sulfide) groups is 1. The highest BCUT2D eigenvalue weighted by Gasteiger charge is 2.13. The van der Waals surface area contributed by atoms with Crippen molar-refractivity contribution in [1.82, 2.24) is 4.90 Å². The van der Waals surface area contributed by atoms with Gasteiger partial charge in [-0.2, -0.15) is 11.8 Å². The Morgan fingerprint density at radius 1 is 1.43 bits per heavy atom. The summed E-state index contributed by atoms with van der Waals surface area (Å²) in [5.41, 5.74) is 1.47. The number of halogens is 1. The number of hydrogen-bond acceptors (Lipinski definition) is 3. The van der Waals surface area contributed by atoms with Crippen molar-refractivity contribution in [2.75, 3.05) is 25.7 Å². The first-order valence-corrected chi connectivity index (χ1v) is 8.59. The van der Waals surface area contributed by atoms with Crippen LogP contribution in [0.3, 0.4) is 0 Å². The third-order valence-corrected chi connectivity index (χ3v) is 4.09. The fraction of sp³-hybridized carbons (Fsp3) is 0.529. The highest BCUT2D eigenvalue weighted by Crippen LogP contribution is 2.15. The molecule has 0 saturated heterocycles. The number of aliphatic hydroxyl groups excluding tert-OH is 1. The van der Waals surface area contributed by atoms with Crippen LogP contribution in [0.25, 0.3) is 0 Å². The molecule has 1 N–H and O–H groups in total. The summed E-state index contributed by atoms with van der Waals surface area (Å²) < 4.78 is 13.7. The zero-order valence-electron chi connectivity index (χ0n) is 13.0. The normalized spacial score (nSPS) is 12.1. The van der Waals surface area contributed by atoms with E-state index in [9.17, 15) is 4.39 Å². The van der Waals surface area contributed by atoms with E-state index < -0.39 is 0 Å². The van der Waals surface area contributed by atoms with E-state index >= 15 is 0 Å². The molecule has 1 unspecified atom stereocenters. The number of aliphatic hydroxyl groups is 1. The summed E-state index contributed by atoms with van der Waals surface area (Å²) in [6, 6.07) is 5.62. The first kappa shape index (κ1) is 18.0. The largest absolute Gasteiger partial charge is 0.395 e. The highest BCUT2D eigenvalue weighted by atomic mass is 32.2. The van der Waals surface area contributed by atoms with Crippen molar-refractivity contribution in [2.45, 2.75) is 32.4 Å². The van der Waals surface area contributed by atoms with Gasteiger partial charge in [-0.25, -0.2) is 4.39 Å². The summed E-state index contributed by atoms with van der Waals surface area (Å²) in [5, 5.41) is 8.72. The first-order valence-electron chi connectivity index (χ1n) is 7.19. The summed E-state index contributed by atoms with van der Waals surface area (Å²) >= 11 is 1.84. The number of nitrogens with zero attached hydrogens (tertiary/aromatic N) is 1. The van der Waals surface area contributed by atoms with Gasteiger partial charge in [0.1, 0.15) is 5.82 Å². The molecule has 0 saturated carbocycles. The molecule has 0 heterocycles. The lowest BCUT2D eigenvalue weighted by Gasteiger charge is -2.26. The average molecular weight is 309 g/mol. The summed E-state index contributed by atoms with van der Waals surface area (Å²) in [7, 11) is 2.10. The van der Waals surface area contributed by atoms with Crippen LogP contribution in [0.5, 0.6) is 0 Å². The van der Waals surface area contributed by atoms with Crippen molar-refractivity contribution >= 4 is 11.8 Å². The third kappa shape index (κ3) is 6.09. The molecule has 0 aliphatic rings. The fourth-order valence-corrected chi connectivity index (χ4v) is 3.02. The van der Waals surface area contributed by atoms with Gasteiger partial charge in [-0.1, -0.05) is 24.8 Å². The van der Waals surface area contributed by atoms with Crippen LogP contribution in [0.4, 0.5) is 4.39 Å². The second-order valence-corrected chi connectivity index (χ2v) is 5.93. The quantitative estimate of drug-likeness (QED) is 0.783. The van der Waals surface area contributed by atoms with Crippen LogP contribution in [-0.2, 0) is 6.54 Å².